The summed E-state index contributed by atoms with van der Waals surface area (Å²) in [5, 5.41) is 0. The van der Waals surface area contributed by atoms with Crippen molar-refractivity contribution >= 4 is 23.2 Å². The Balaban J connectivity index is 3.02. The van der Waals surface area contributed by atoms with E-state index in [1.54, 1.807) is 12.2 Å². The molecule has 1 rings (SSSR count). The summed E-state index contributed by atoms with van der Waals surface area (Å²) >= 11 is 5.46. The van der Waals surface area contributed by atoms with Gasteiger partial charge in [0.25, 0.3) is 0 Å². The highest BCUT2D eigenvalue weighted by Gasteiger charge is 2.39. The molecule has 1 atom stereocenters. The van der Waals surface area contributed by atoms with Crippen LogP contribution in [0.3, 0.4) is 0 Å². The standard InChI is InChI=1S/C10H11ClO2/c1-8(12)10(9(13)7-11)5-3-2-4-6-10/h2-5H,6-7H2,1H3. The van der Waals surface area contributed by atoms with Crippen molar-refractivity contribution in [2.75, 3.05) is 5.88 Å². The molecule has 0 aliphatic heterocycles. The minimum absolute atomic E-state index is 0.113. The molecule has 0 fully saturated rings. The molecule has 0 heterocycles. The highest BCUT2D eigenvalue weighted by Crippen LogP contribution is 2.30. The molecule has 0 radical (unpaired) electrons. The molecular weight excluding hydrogens is 188 g/mol. The average Bonchev–Trinajstić information content (AvgIpc) is 2.17. The predicted molar refractivity (Wildman–Crippen MR) is 51.7 cm³/mol. The summed E-state index contributed by atoms with van der Waals surface area (Å²) in [6, 6.07) is 0. The molecule has 70 valence electrons. The lowest BCUT2D eigenvalue weighted by atomic mass is 9.75. The summed E-state index contributed by atoms with van der Waals surface area (Å²) in [6.45, 7) is 1.42. The van der Waals surface area contributed by atoms with Gasteiger partial charge >= 0.3 is 0 Å². The van der Waals surface area contributed by atoms with Crippen molar-refractivity contribution in [3.8, 4) is 0 Å². The second-order valence-corrected chi connectivity index (χ2v) is 3.34. The van der Waals surface area contributed by atoms with Crippen LogP contribution in [0, 0.1) is 5.41 Å². The molecule has 0 aromatic rings. The summed E-state index contributed by atoms with van der Waals surface area (Å²) in [4.78, 5) is 22.8. The molecule has 0 aromatic heterocycles. The number of Topliss-reactive ketones (excluding diaryl/α,β-unsaturated/α-hetero) is 2. The zero-order chi connectivity index (χ0) is 9.90. The molecule has 0 bridgehead atoms. The second kappa shape index (κ2) is 3.88. The van der Waals surface area contributed by atoms with Crippen molar-refractivity contribution in [1.29, 1.82) is 0 Å². The third-order valence-corrected chi connectivity index (χ3v) is 2.56. The number of ketones is 2. The van der Waals surface area contributed by atoms with Crippen molar-refractivity contribution in [2.24, 2.45) is 5.41 Å². The Morgan fingerprint density at radius 1 is 1.46 bits per heavy atom. The molecule has 13 heavy (non-hydrogen) atoms. The topological polar surface area (TPSA) is 34.1 Å². The molecule has 2 nitrogen and oxygen atoms in total. The van der Waals surface area contributed by atoms with Crippen molar-refractivity contribution in [1.82, 2.24) is 0 Å². The van der Waals surface area contributed by atoms with E-state index in [1.165, 1.54) is 6.92 Å². The van der Waals surface area contributed by atoms with Crippen LogP contribution in [0.15, 0.2) is 24.3 Å². The lowest BCUT2D eigenvalue weighted by Gasteiger charge is -2.25. The Kier molecular flexibility index (Phi) is 3.04. The molecule has 0 spiro atoms. The highest BCUT2D eigenvalue weighted by atomic mass is 35.5. The van der Waals surface area contributed by atoms with Crippen molar-refractivity contribution < 1.29 is 9.59 Å². The van der Waals surface area contributed by atoms with E-state index in [1.807, 2.05) is 12.2 Å². The number of hydrogen-bond donors (Lipinski definition) is 0. The fourth-order valence-corrected chi connectivity index (χ4v) is 1.64. The molecule has 0 N–H and O–H groups in total. The van der Waals surface area contributed by atoms with E-state index in [0.717, 1.165) is 0 Å². The van der Waals surface area contributed by atoms with Gasteiger partial charge < -0.3 is 0 Å². The molecule has 1 unspecified atom stereocenters. The van der Waals surface area contributed by atoms with Crippen molar-refractivity contribution in [2.45, 2.75) is 13.3 Å². The summed E-state index contributed by atoms with van der Waals surface area (Å²) < 4.78 is 0. The van der Waals surface area contributed by atoms with Gasteiger partial charge in [-0.05, 0) is 13.3 Å². The lowest BCUT2D eigenvalue weighted by molar-refractivity contribution is -0.134. The smallest absolute Gasteiger partial charge is 0.165 e. The van der Waals surface area contributed by atoms with Crippen LogP contribution in [0.25, 0.3) is 0 Å². The van der Waals surface area contributed by atoms with E-state index < -0.39 is 5.41 Å². The lowest BCUT2D eigenvalue weighted by Crippen LogP contribution is -2.37. The maximum absolute atomic E-state index is 11.5. The Hall–Kier alpha value is -0.890. The molecular formula is C10H11ClO2. The minimum atomic E-state index is -0.990. The molecule has 0 aromatic carbocycles. The Labute approximate surface area is 82.3 Å². The van der Waals surface area contributed by atoms with Gasteiger partial charge in [-0.25, -0.2) is 0 Å². The molecule has 1 aliphatic carbocycles. The van der Waals surface area contributed by atoms with Crippen LogP contribution in [0.4, 0.5) is 0 Å². The van der Waals surface area contributed by atoms with Crippen LogP contribution in [0.5, 0.6) is 0 Å². The Bertz CT molecular complexity index is 291. The number of hydrogen-bond acceptors (Lipinski definition) is 2. The normalized spacial score (nSPS) is 26.0. The van der Waals surface area contributed by atoms with E-state index in [2.05, 4.69) is 0 Å². The SMILES string of the molecule is CC(=O)C1(C(=O)CCl)C=CC=CC1. The first kappa shape index (κ1) is 10.2. The van der Waals surface area contributed by atoms with E-state index in [4.69, 9.17) is 11.6 Å². The van der Waals surface area contributed by atoms with E-state index in [9.17, 15) is 9.59 Å². The Morgan fingerprint density at radius 2 is 2.15 bits per heavy atom. The third-order valence-electron chi connectivity index (χ3n) is 2.31. The summed E-state index contributed by atoms with van der Waals surface area (Å²) in [7, 11) is 0. The monoisotopic (exact) mass is 198 g/mol. The van der Waals surface area contributed by atoms with Crippen molar-refractivity contribution in [3.63, 3.8) is 0 Å². The van der Waals surface area contributed by atoms with E-state index in [-0.39, 0.29) is 17.4 Å². The highest BCUT2D eigenvalue weighted by molar-refractivity contribution is 6.31. The van der Waals surface area contributed by atoms with Gasteiger partial charge in [0.2, 0.25) is 0 Å². The number of halogens is 1. The summed E-state index contributed by atoms with van der Waals surface area (Å²) in [6.07, 6.45) is 7.42. The summed E-state index contributed by atoms with van der Waals surface area (Å²) in [5.41, 5.74) is -0.990. The minimum Gasteiger partial charge on any atom is -0.299 e. The van der Waals surface area contributed by atoms with Gasteiger partial charge in [0.05, 0.1) is 5.88 Å². The summed E-state index contributed by atoms with van der Waals surface area (Å²) in [5.74, 6) is -0.474. The maximum Gasteiger partial charge on any atom is 0.165 e. The first-order chi connectivity index (χ1) is 6.13. The predicted octanol–water partition coefficient (Wildman–Crippen LogP) is 1.89. The fraction of sp³-hybridized carbons (Fsp3) is 0.400. The van der Waals surface area contributed by atoms with E-state index >= 15 is 0 Å². The van der Waals surface area contributed by atoms with Gasteiger partial charge in [0, 0.05) is 0 Å². The molecule has 0 saturated heterocycles. The van der Waals surface area contributed by atoms with Crippen LogP contribution in [-0.2, 0) is 9.59 Å². The van der Waals surface area contributed by atoms with Gasteiger partial charge in [-0.1, -0.05) is 24.3 Å². The largest absolute Gasteiger partial charge is 0.299 e. The number of allylic oxidation sites excluding steroid dienone is 4. The van der Waals surface area contributed by atoms with Gasteiger partial charge in [-0.15, -0.1) is 11.6 Å². The van der Waals surface area contributed by atoms with Crippen LogP contribution >= 0.6 is 11.6 Å². The van der Waals surface area contributed by atoms with E-state index in [0.29, 0.717) is 6.42 Å². The quantitative estimate of drug-likeness (QED) is 0.513. The van der Waals surface area contributed by atoms with Crippen LogP contribution in [0.2, 0.25) is 0 Å². The number of carbonyl (C=O) groups excluding carboxylic acids is 2. The Morgan fingerprint density at radius 3 is 2.54 bits per heavy atom. The fourth-order valence-electron chi connectivity index (χ4n) is 1.40. The molecule has 3 heteroatoms. The van der Waals surface area contributed by atoms with Gasteiger partial charge in [0.1, 0.15) is 11.2 Å². The zero-order valence-corrected chi connectivity index (χ0v) is 8.17. The zero-order valence-electron chi connectivity index (χ0n) is 7.42. The van der Waals surface area contributed by atoms with Gasteiger partial charge in [-0.3, -0.25) is 9.59 Å². The molecule has 1 aliphatic rings. The van der Waals surface area contributed by atoms with Gasteiger partial charge in [-0.2, -0.15) is 0 Å². The number of alkyl halides is 1. The molecule has 0 amide bonds. The first-order valence-electron chi connectivity index (χ1n) is 4.08. The maximum atomic E-state index is 11.5. The number of rotatable bonds is 3. The second-order valence-electron chi connectivity index (χ2n) is 3.08. The number of carbonyl (C=O) groups is 2. The van der Waals surface area contributed by atoms with Crippen LogP contribution in [0.1, 0.15) is 13.3 Å². The van der Waals surface area contributed by atoms with Crippen LogP contribution in [-0.4, -0.2) is 17.4 Å². The van der Waals surface area contributed by atoms with Crippen molar-refractivity contribution in [3.05, 3.63) is 24.3 Å². The first-order valence-corrected chi connectivity index (χ1v) is 4.61. The van der Waals surface area contributed by atoms with Gasteiger partial charge in [0.15, 0.2) is 5.78 Å². The average molecular weight is 199 g/mol. The molecule has 0 saturated carbocycles. The third kappa shape index (κ3) is 1.73. The van der Waals surface area contributed by atoms with Crippen LogP contribution < -0.4 is 0 Å².